The van der Waals surface area contributed by atoms with Crippen LogP contribution in [0.5, 0.6) is 0 Å². The summed E-state index contributed by atoms with van der Waals surface area (Å²) >= 11 is 0. The maximum absolute atomic E-state index is 13.7. The Morgan fingerprint density at radius 3 is 2.30 bits per heavy atom. The largest absolute Gasteiger partial charge is 0.372 e. The Bertz CT molecular complexity index is 1450. The average Bonchev–Trinajstić information content (AvgIpc) is 3.58. The van der Waals surface area contributed by atoms with E-state index in [2.05, 4.69) is 15.1 Å². The minimum Gasteiger partial charge on any atom is -0.372 e. The fourth-order valence-corrected chi connectivity index (χ4v) is 5.12. The van der Waals surface area contributed by atoms with Gasteiger partial charge in [-0.05, 0) is 51.0 Å². The lowest BCUT2D eigenvalue weighted by molar-refractivity contribution is 0.0969. The predicted octanol–water partition coefficient (Wildman–Crippen LogP) is 1.76. The minimum absolute atomic E-state index is 0.274. The van der Waals surface area contributed by atoms with Gasteiger partial charge in [-0.2, -0.15) is 4.98 Å². The predicted molar refractivity (Wildman–Crippen MR) is 146 cm³/mol. The highest BCUT2D eigenvalue weighted by Gasteiger charge is 2.25. The Kier molecular flexibility index (Phi) is 7.01. The van der Waals surface area contributed by atoms with E-state index in [1.54, 1.807) is 19.2 Å². The molecule has 0 amide bonds. The molecule has 2 aliphatic heterocycles. The van der Waals surface area contributed by atoms with Crippen molar-refractivity contribution in [2.75, 3.05) is 49.1 Å². The number of piperazine rings is 1. The summed E-state index contributed by atoms with van der Waals surface area (Å²) in [5.41, 5.74) is 2.33. The highest BCUT2D eigenvalue weighted by molar-refractivity contribution is 5.96. The van der Waals surface area contributed by atoms with Gasteiger partial charge in [-0.3, -0.25) is 18.7 Å². The van der Waals surface area contributed by atoms with Gasteiger partial charge in [0.2, 0.25) is 5.95 Å². The number of Topliss-reactive ketones (excluding diaryl/α,β-unsaturated/α-hetero) is 1. The Morgan fingerprint density at radius 1 is 0.973 bits per heavy atom. The normalized spacial score (nSPS) is 16.0. The van der Waals surface area contributed by atoms with E-state index in [1.807, 2.05) is 36.6 Å². The highest BCUT2D eigenvalue weighted by Crippen LogP contribution is 2.22. The second-order valence-electron chi connectivity index (χ2n) is 10.1. The number of nitrogens with zero attached hydrogens (tertiary/aromatic N) is 6. The van der Waals surface area contributed by atoms with Gasteiger partial charge in [0.1, 0.15) is 0 Å². The van der Waals surface area contributed by atoms with Gasteiger partial charge in [-0.1, -0.05) is 11.6 Å². The van der Waals surface area contributed by atoms with Gasteiger partial charge in [0.05, 0.1) is 6.54 Å². The zero-order valence-electron chi connectivity index (χ0n) is 21.9. The van der Waals surface area contributed by atoms with Crippen molar-refractivity contribution >= 4 is 28.6 Å². The first kappa shape index (κ1) is 25.0. The SMILES string of the molecule is CC(C)=CCn1c(N2CCNCC2)nc2c1c(=O)n(CC(=O)c1ccc(N3CCCC3)cc1)c(=O)n2C. The molecule has 0 spiro atoms. The lowest BCUT2D eigenvalue weighted by Crippen LogP contribution is -2.44. The maximum Gasteiger partial charge on any atom is 0.332 e. The molecule has 3 aromatic rings. The number of nitrogens with one attached hydrogen (secondary N) is 1. The molecule has 2 aromatic heterocycles. The number of hydrogen-bond acceptors (Lipinski definition) is 7. The number of imidazole rings is 1. The van der Waals surface area contributed by atoms with E-state index in [1.165, 1.54) is 17.4 Å². The molecule has 0 aliphatic carbocycles. The molecule has 0 unspecified atom stereocenters. The van der Waals surface area contributed by atoms with Crippen LogP contribution in [0, 0.1) is 0 Å². The number of ketones is 1. The van der Waals surface area contributed by atoms with Crippen molar-refractivity contribution in [3.8, 4) is 0 Å². The highest BCUT2D eigenvalue weighted by atomic mass is 16.2. The van der Waals surface area contributed by atoms with Gasteiger partial charge in [0, 0.05) is 64.1 Å². The number of fused-ring (bicyclic) bond motifs is 1. The number of aromatic nitrogens is 4. The molecule has 2 fully saturated rings. The maximum atomic E-state index is 13.7. The molecular weight excluding hydrogens is 470 g/mol. The molecule has 2 saturated heterocycles. The van der Waals surface area contributed by atoms with Crippen LogP contribution in [0.3, 0.4) is 0 Å². The third-order valence-electron chi connectivity index (χ3n) is 7.26. The van der Waals surface area contributed by atoms with Crippen LogP contribution in [-0.2, 0) is 20.1 Å². The third kappa shape index (κ3) is 4.85. The van der Waals surface area contributed by atoms with Crippen molar-refractivity contribution in [3.05, 3.63) is 62.3 Å². The molecule has 1 N–H and O–H groups in total. The van der Waals surface area contributed by atoms with E-state index >= 15 is 0 Å². The summed E-state index contributed by atoms with van der Waals surface area (Å²) < 4.78 is 4.30. The first-order valence-electron chi connectivity index (χ1n) is 13.0. The van der Waals surface area contributed by atoms with Gasteiger partial charge in [0.25, 0.3) is 5.56 Å². The van der Waals surface area contributed by atoms with E-state index in [0.29, 0.717) is 29.2 Å². The van der Waals surface area contributed by atoms with Crippen molar-refractivity contribution in [2.45, 2.75) is 39.8 Å². The molecule has 196 valence electrons. The van der Waals surface area contributed by atoms with Crippen molar-refractivity contribution in [2.24, 2.45) is 7.05 Å². The van der Waals surface area contributed by atoms with E-state index < -0.39 is 11.2 Å². The Hall–Kier alpha value is -3.66. The molecule has 1 aromatic carbocycles. The van der Waals surface area contributed by atoms with Crippen LogP contribution in [0.15, 0.2) is 45.5 Å². The fraction of sp³-hybridized carbons (Fsp3) is 0.481. The molecule has 0 radical (unpaired) electrons. The van der Waals surface area contributed by atoms with Crippen LogP contribution in [-0.4, -0.2) is 63.7 Å². The number of benzene rings is 1. The number of anilines is 2. The van der Waals surface area contributed by atoms with Gasteiger partial charge in [-0.25, -0.2) is 4.79 Å². The van der Waals surface area contributed by atoms with Crippen LogP contribution in [0.25, 0.3) is 11.2 Å². The summed E-state index contributed by atoms with van der Waals surface area (Å²) in [6.45, 7) is 9.35. The lowest BCUT2D eigenvalue weighted by atomic mass is 10.1. The van der Waals surface area contributed by atoms with Crippen molar-refractivity contribution in [3.63, 3.8) is 0 Å². The minimum atomic E-state index is -0.543. The summed E-state index contributed by atoms with van der Waals surface area (Å²) in [6.07, 6.45) is 4.39. The summed E-state index contributed by atoms with van der Waals surface area (Å²) in [5, 5.41) is 3.33. The molecule has 10 nitrogen and oxygen atoms in total. The molecule has 0 bridgehead atoms. The zero-order valence-corrected chi connectivity index (χ0v) is 21.9. The monoisotopic (exact) mass is 505 g/mol. The van der Waals surface area contributed by atoms with Gasteiger partial charge in [0.15, 0.2) is 16.9 Å². The Morgan fingerprint density at radius 2 is 1.65 bits per heavy atom. The molecule has 10 heteroatoms. The number of carbonyl (C=O) groups is 1. The van der Waals surface area contributed by atoms with Crippen LogP contribution >= 0.6 is 0 Å². The van der Waals surface area contributed by atoms with E-state index in [-0.39, 0.29) is 12.3 Å². The average molecular weight is 506 g/mol. The van der Waals surface area contributed by atoms with Gasteiger partial charge in [-0.15, -0.1) is 0 Å². The second kappa shape index (κ2) is 10.4. The van der Waals surface area contributed by atoms with E-state index in [0.717, 1.165) is 55.1 Å². The molecule has 4 heterocycles. The third-order valence-corrected chi connectivity index (χ3v) is 7.26. The van der Waals surface area contributed by atoms with Crippen molar-refractivity contribution < 1.29 is 4.79 Å². The van der Waals surface area contributed by atoms with E-state index in [4.69, 9.17) is 4.98 Å². The number of carbonyl (C=O) groups excluding carboxylic acids is 1. The Balaban J connectivity index is 1.54. The van der Waals surface area contributed by atoms with Crippen LogP contribution < -0.4 is 26.4 Å². The van der Waals surface area contributed by atoms with Crippen LogP contribution in [0.1, 0.15) is 37.0 Å². The summed E-state index contributed by atoms with van der Waals surface area (Å²) in [6, 6.07) is 7.45. The van der Waals surface area contributed by atoms with Gasteiger partial charge < -0.3 is 19.7 Å². The number of allylic oxidation sites excluding steroid dienone is 2. The second-order valence-corrected chi connectivity index (χ2v) is 10.1. The summed E-state index contributed by atoms with van der Waals surface area (Å²) in [7, 11) is 1.61. The lowest BCUT2D eigenvalue weighted by Gasteiger charge is -2.28. The summed E-state index contributed by atoms with van der Waals surface area (Å²) in [5.74, 6) is 0.395. The molecular formula is C27H35N7O3. The molecule has 5 rings (SSSR count). The first-order chi connectivity index (χ1) is 17.8. The van der Waals surface area contributed by atoms with Crippen LogP contribution in [0.2, 0.25) is 0 Å². The topological polar surface area (TPSA) is 97.4 Å². The molecule has 0 atom stereocenters. The van der Waals surface area contributed by atoms with Gasteiger partial charge >= 0.3 is 5.69 Å². The zero-order chi connectivity index (χ0) is 26.1. The standard InChI is InChI=1S/C27H35N7O3/c1-19(2)10-15-33-23-24(29-26(33)32-16-11-28-12-17-32)30(3)27(37)34(25(23)36)18-22(35)20-6-8-21(9-7-20)31-13-4-5-14-31/h6-10,28H,4-5,11-18H2,1-3H3. The van der Waals surface area contributed by atoms with Crippen molar-refractivity contribution in [1.29, 1.82) is 0 Å². The smallest absolute Gasteiger partial charge is 0.332 e. The fourth-order valence-electron chi connectivity index (χ4n) is 5.12. The number of hydrogen-bond donors (Lipinski definition) is 1. The molecule has 37 heavy (non-hydrogen) atoms. The first-order valence-corrected chi connectivity index (χ1v) is 13.0. The van der Waals surface area contributed by atoms with E-state index in [9.17, 15) is 14.4 Å². The molecule has 0 saturated carbocycles. The Labute approximate surface area is 215 Å². The van der Waals surface area contributed by atoms with Crippen molar-refractivity contribution in [1.82, 2.24) is 24.0 Å². The number of rotatable bonds is 7. The molecule has 2 aliphatic rings. The van der Waals surface area contributed by atoms with Crippen LogP contribution in [0.4, 0.5) is 11.6 Å². The number of aryl methyl sites for hydroxylation is 1. The quantitative estimate of drug-likeness (QED) is 0.386. The summed E-state index contributed by atoms with van der Waals surface area (Å²) in [4.78, 5) is 49.3.